The summed E-state index contributed by atoms with van der Waals surface area (Å²) < 4.78 is 11.0. The van der Waals surface area contributed by atoms with Crippen LogP contribution in [0.2, 0.25) is 5.22 Å². The molecule has 1 heterocycles. The molecule has 0 atom stereocenters. The highest BCUT2D eigenvalue weighted by molar-refractivity contribution is 9.10. The van der Waals surface area contributed by atoms with Crippen LogP contribution in [0.15, 0.2) is 39.2 Å². The predicted molar refractivity (Wildman–Crippen MR) is 67.8 cm³/mol. The summed E-state index contributed by atoms with van der Waals surface area (Å²) in [5.74, 6) is 0.409. The molecule has 0 bridgehead atoms. The van der Waals surface area contributed by atoms with Gasteiger partial charge in [0.15, 0.2) is 11.0 Å². The van der Waals surface area contributed by atoms with E-state index in [1.54, 1.807) is 18.2 Å². The van der Waals surface area contributed by atoms with Crippen LogP contribution < -0.4 is 4.74 Å². The van der Waals surface area contributed by atoms with E-state index in [1.165, 1.54) is 19.2 Å². The fraction of sp³-hybridized carbons (Fsp3) is 0.0833. The maximum Gasteiger partial charge on any atom is 0.232 e. The van der Waals surface area contributed by atoms with Gasteiger partial charge in [-0.3, -0.25) is 4.79 Å². The van der Waals surface area contributed by atoms with Gasteiger partial charge >= 0.3 is 0 Å². The van der Waals surface area contributed by atoms with E-state index < -0.39 is 0 Å². The van der Waals surface area contributed by atoms with Gasteiger partial charge in [-0.15, -0.1) is 0 Å². The molecule has 3 nitrogen and oxygen atoms in total. The van der Waals surface area contributed by atoms with Crippen molar-refractivity contribution in [2.75, 3.05) is 7.11 Å². The first kappa shape index (κ1) is 12.2. The molecule has 1 aromatic heterocycles. The molecule has 0 radical (unpaired) electrons. The molecule has 0 unspecified atom stereocenters. The molecular weight excluding hydrogens is 307 g/mol. The van der Waals surface area contributed by atoms with Crippen molar-refractivity contribution in [1.82, 2.24) is 0 Å². The molecule has 0 fully saturated rings. The van der Waals surface area contributed by atoms with Gasteiger partial charge < -0.3 is 9.15 Å². The Morgan fingerprint density at radius 1 is 1.35 bits per heavy atom. The highest BCUT2D eigenvalue weighted by atomic mass is 79.9. The number of hydrogen-bond acceptors (Lipinski definition) is 3. The molecule has 5 heteroatoms. The maximum atomic E-state index is 12.1. The van der Waals surface area contributed by atoms with Crippen LogP contribution in [0, 0.1) is 0 Å². The largest absolute Gasteiger partial charge is 0.496 e. The predicted octanol–water partition coefficient (Wildman–Crippen LogP) is 3.94. The summed E-state index contributed by atoms with van der Waals surface area (Å²) in [5, 5.41) is 0.183. The second-order valence-corrected chi connectivity index (χ2v) is 4.57. The zero-order valence-corrected chi connectivity index (χ0v) is 11.2. The first-order chi connectivity index (χ1) is 8.11. The van der Waals surface area contributed by atoms with Crippen LogP contribution in [0.5, 0.6) is 5.75 Å². The number of methoxy groups -OCH3 is 1. The van der Waals surface area contributed by atoms with Crippen molar-refractivity contribution in [3.8, 4) is 5.75 Å². The normalized spacial score (nSPS) is 10.3. The van der Waals surface area contributed by atoms with E-state index in [0.717, 1.165) is 4.47 Å². The smallest absolute Gasteiger partial charge is 0.232 e. The number of halogens is 2. The van der Waals surface area contributed by atoms with E-state index in [9.17, 15) is 4.79 Å². The van der Waals surface area contributed by atoms with Crippen molar-refractivity contribution in [2.45, 2.75) is 0 Å². The van der Waals surface area contributed by atoms with Gasteiger partial charge in [0, 0.05) is 4.47 Å². The SMILES string of the molecule is COc1ccc(Br)cc1C(=O)c1ccc(Cl)o1. The molecule has 0 amide bonds. The van der Waals surface area contributed by atoms with Crippen LogP contribution in [0.1, 0.15) is 16.1 Å². The molecule has 2 rings (SSSR count). The quantitative estimate of drug-likeness (QED) is 0.806. The van der Waals surface area contributed by atoms with Crippen molar-refractivity contribution in [3.05, 3.63) is 51.3 Å². The lowest BCUT2D eigenvalue weighted by atomic mass is 10.1. The summed E-state index contributed by atoms with van der Waals surface area (Å²) in [4.78, 5) is 12.1. The van der Waals surface area contributed by atoms with Gasteiger partial charge in [0.25, 0.3) is 0 Å². The summed E-state index contributed by atoms with van der Waals surface area (Å²) >= 11 is 8.94. The average molecular weight is 316 g/mol. The van der Waals surface area contributed by atoms with Gasteiger partial charge in [-0.2, -0.15) is 0 Å². The number of rotatable bonds is 3. The number of hydrogen-bond donors (Lipinski definition) is 0. The van der Waals surface area contributed by atoms with Gasteiger partial charge in [0.2, 0.25) is 5.78 Å². The number of carbonyl (C=O) groups excluding carboxylic acids is 1. The van der Waals surface area contributed by atoms with E-state index in [0.29, 0.717) is 11.3 Å². The first-order valence-corrected chi connectivity index (χ1v) is 5.92. The second-order valence-electron chi connectivity index (χ2n) is 3.28. The third-order valence-electron chi connectivity index (χ3n) is 2.20. The Balaban J connectivity index is 2.46. The van der Waals surface area contributed by atoms with E-state index in [4.69, 9.17) is 20.8 Å². The number of furan rings is 1. The molecule has 0 aliphatic carbocycles. The molecule has 0 saturated heterocycles. The number of benzene rings is 1. The fourth-order valence-electron chi connectivity index (χ4n) is 1.43. The first-order valence-electron chi connectivity index (χ1n) is 4.75. The average Bonchev–Trinajstić information content (AvgIpc) is 2.75. The second kappa shape index (κ2) is 4.94. The van der Waals surface area contributed by atoms with Crippen LogP contribution in [0.4, 0.5) is 0 Å². The van der Waals surface area contributed by atoms with Crippen molar-refractivity contribution in [2.24, 2.45) is 0 Å². The Bertz CT molecular complexity index is 563. The topological polar surface area (TPSA) is 39.4 Å². The Morgan fingerprint density at radius 3 is 2.71 bits per heavy atom. The lowest BCUT2D eigenvalue weighted by molar-refractivity contribution is 0.101. The fourth-order valence-corrected chi connectivity index (χ4v) is 1.93. The maximum absolute atomic E-state index is 12.1. The Morgan fingerprint density at radius 2 is 2.12 bits per heavy atom. The van der Waals surface area contributed by atoms with Crippen molar-refractivity contribution < 1.29 is 13.9 Å². The molecule has 0 spiro atoms. The third-order valence-corrected chi connectivity index (χ3v) is 2.90. The highest BCUT2D eigenvalue weighted by Gasteiger charge is 2.18. The summed E-state index contributed by atoms with van der Waals surface area (Å²) in [6.45, 7) is 0. The summed E-state index contributed by atoms with van der Waals surface area (Å²) in [5.41, 5.74) is 0.424. The van der Waals surface area contributed by atoms with E-state index in [-0.39, 0.29) is 16.8 Å². The number of ether oxygens (including phenoxy) is 1. The van der Waals surface area contributed by atoms with Gasteiger partial charge in [-0.05, 0) is 41.9 Å². The van der Waals surface area contributed by atoms with Crippen LogP contribution >= 0.6 is 27.5 Å². The standard InChI is InChI=1S/C12H8BrClO3/c1-16-9-3-2-7(13)6-8(9)12(15)10-4-5-11(14)17-10/h2-6H,1H3. The minimum absolute atomic E-state index is 0.183. The van der Waals surface area contributed by atoms with Gasteiger partial charge in [-0.25, -0.2) is 0 Å². The third kappa shape index (κ3) is 2.53. The summed E-state index contributed by atoms with van der Waals surface area (Å²) in [6, 6.07) is 8.24. The minimum Gasteiger partial charge on any atom is -0.496 e. The Hall–Kier alpha value is -1.26. The van der Waals surface area contributed by atoms with Gasteiger partial charge in [-0.1, -0.05) is 15.9 Å². The summed E-state index contributed by atoms with van der Waals surface area (Å²) in [6.07, 6.45) is 0. The van der Waals surface area contributed by atoms with Crippen molar-refractivity contribution in [3.63, 3.8) is 0 Å². The molecule has 88 valence electrons. The Kier molecular flexibility index (Phi) is 3.54. The molecule has 1 aromatic carbocycles. The lowest BCUT2D eigenvalue weighted by Crippen LogP contribution is -2.02. The summed E-state index contributed by atoms with van der Waals surface area (Å²) in [7, 11) is 1.51. The lowest BCUT2D eigenvalue weighted by Gasteiger charge is -2.06. The number of carbonyl (C=O) groups is 1. The zero-order chi connectivity index (χ0) is 12.4. The van der Waals surface area contributed by atoms with Crippen molar-refractivity contribution >= 4 is 33.3 Å². The molecule has 0 N–H and O–H groups in total. The van der Waals surface area contributed by atoms with Gasteiger partial charge in [0.1, 0.15) is 5.75 Å². The van der Waals surface area contributed by atoms with Crippen LogP contribution in [0.25, 0.3) is 0 Å². The zero-order valence-electron chi connectivity index (χ0n) is 8.87. The van der Waals surface area contributed by atoms with Crippen molar-refractivity contribution in [1.29, 1.82) is 0 Å². The van der Waals surface area contributed by atoms with Crippen LogP contribution in [-0.4, -0.2) is 12.9 Å². The molecular formula is C12H8BrClO3. The van der Waals surface area contributed by atoms with E-state index >= 15 is 0 Å². The monoisotopic (exact) mass is 314 g/mol. The minimum atomic E-state index is -0.268. The van der Waals surface area contributed by atoms with Crippen LogP contribution in [-0.2, 0) is 0 Å². The van der Waals surface area contributed by atoms with Crippen LogP contribution in [0.3, 0.4) is 0 Å². The van der Waals surface area contributed by atoms with E-state index in [2.05, 4.69) is 15.9 Å². The molecule has 17 heavy (non-hydrogen) atoms. The molecule has 0 aliphatic rings. The molecule has 0 aliphatic heterocycles. The highest BCUT2D eigenvalue weighted by Crippen LogP contribution is 2.26. The number of ketones is 1. The van der Waals surface area contributed by atoms with E-state index in [1.807, 2.05) is 0 Å². The Labute approximate surface area is 111 Å². The van der Waals surface area contributed by atoms with Gasteiger partial charge in [0.05, 0.1) is 12.7 Å². The molecule has 2 aromatic rings. The molecule has 0 saturated carbocycles.